The Balaban J connectivity index is 1.78. The summed E-state index contributed by atoms with van der Waals surface area (Å²) < 4.78 is 16.1. The first kappa shape index (κ1) is 45.1. The molecule has 3 rings (SSSR count). The molecule has 0 aliphatic carbocycles. The van der Waals surface area contributed by atoms with Gasteiger partial charge in [0.25, 0.3) is 5.91 Å². The van der Waals surface area contributed by atoms with Crippen LogP contribution >= 0.6 is 11.8 Å². The number of thioether (sulfide) groups is 1. The first-order valence-corrected chi connectivity index (χ1v) is 19.0. The molecule has 0 aliphatic rings. The molecule has 304 valence electrons. The van der Waals surface area contributed by atoms with E-state index in [4.69, 9.17) is 25.7 Å². The van der Waals surface area contributed by atoms with Crippen LogP contribution in [0.1, 0.15) is 42.9 Å². The number of hydrogen-bond acceptors (Lipinski definition) is 11. The molecule has 17 nitrogen and oxygen atoms in total. The minimum absolute atomic E-state index is 0.0339. The minimum atomic E-state index is -1.19. The van der Waals surface area contributed by atoms with E-state index in [2.05, 4.69) is 20.6 Å². The van der Waals surface area contributed by atoms with Gasteiger partial charge in [0.2, 0.25) is 17.8 Å². The van der Waals surface area contributed by atoms with E-state index in [9.17, 15) is 28.8 Å². The number of nitrogens with zero attached hydrogens (tertiary/aromatic N) is 4. The monoisotopic (exact) mass is 804 g/mol. The Morgan fingerprint density at radius 3 is 1.82 bits per heavy atom. The van der Waals surface area contributed by atoms with Crippen LogP contribution in [0.3, 0.4) is 0 Å². The minimum Gasteiger partial charge on any atom is -0.445 e. The van der Waals surface area contributed by atoms with E-state index in [1.54, 1.807) is 79.1 Å². The van der Waals surface area contributed by atoms with E-state index >= 15 is 0 Å². The summed E-state index contributed by atoms with van der Waals surface area (Å²) >= 11 is 1.03. The predicted molar refractivity (Wildman–Crippen MR) is 214 cm³/mol. The van der Waals surface area contributed by atoms with Gasteiger partial charge in [-0.15, -0.1) is 4.99 Å². The maximum absolute atomic E-state index is 13.6. The van der Waals surface area contributed by atoms with Crippen molar-refractivity contribution in [2.45, 2.75) is 58.1 Å². The Morgan fingerprint density at radius 2 is 1.32 bits per heavy atom. The van der Waals surface area contributed by atoms with Crippen LogP contribution < -0.4 is 22.1 Å². The van der Waals surface area contributed by atoms with Crippen LogP contribution in [-0.4, -0.2) is 95.4 Å². The smallest absolute Gasteiger partial charge is 0.437 e. The van der Waals surface area contributed by atoms with Gasteiger partial charge in [0.15, 0.2) is 5.17 Å². The highest BCUT2D eigenvalue weighted by molar-refractivity contribution is 8.13. The van der Waals surface area contributed by atoms with Crippen molar-refractivity contribution in [3.8, 4) is 0 Å². The van der Waals surface area contributed by atoms with Gasteiger partial charge >= 0.3 is 18.3 Å². The molecule has 18 heteroatoms. The Bertz CT molecular complexity index is 1850. The molecule has 0 saturated heterocycles. The lowest BCUT2D eigenvalue weighted by atomic mass is 10.1. The van der Waals surface area contributed by atoms with Crippen molar-refractivity contribution in [3.63, 3.8) is 0 Å². The van der Waals surface area contributed by atoms with Crippen LogP contribution in [0.4, 0.5) is 14.4 Å². The molecule has 0 aromatic heterocycles. The van der Waals surface area contributed by atoms with Crippen LogP contribution in [0, 0.1) is 0 Å². The van der Waals surface area contributed by atoms with Crippen molar-refractivity contribution in [3.05, 3.63) is 108 Å². The second-order valence-corrected chi connectivity index (χ2v) is 13.1. The number of likely N-dealkylation sites (N-methyl/N-ethyl adjacent to an activating group) is 1. The highest BCUT2D eigenvalue weighted by Crippen LogP contribution is 2.13. The SMILES string of the molecule is CSC(=NC(=O)C(CN)N(C)C(=O)C[C@H](CCCN(C(=O)OCc1ccccc1)/C(N)=N/C(=O)OCc1ccccc1)NC(=O)OCc1ccccc1)NC(C)=O. The zero-order valence-electron chi connectivity index (χ0n) is 32.0. The third kappa shape index (κ3) is 16.6. The number of amides is 6. The van der Waals surface area contributed by atoms with Gasteiger partial charge < -0.3 is 41.2 Å². The molecule has 3 aromatic carbocycles. The summed E-state index contributed by atoms with van der Waals surface area (Å²) in [5, 5.41) is 5.17. The van der Waals surface area contributed by atoms with Crippen LogP contribution in [-0.2, 0) is 48.4 Å². The first-order valence-electron chi connectivity index (χ1n) is 17.8. The number of benzene rings is 3. The second kappa shape index (κ2) is 24.3. The summed E-state index contributed by atoms with van der Waals surface area (Å²) in [6.07, 6.45) is -1.30. The van der Waals surface area contributed by atoms with Gasteiger partial charge in [0.05, 0.1) is 0 Å². The lowest BCUT2D eigenvalue weighted by Crippen LogP contribution is -2.49. The number of amidine groups is 1. The zero-order valence-corrected chi connectivity index (χ0v) is 32.8. The van der Waals surface area contributed by atoms with Gasteiger partial charge in [0.1, 0.15) is 25.9 Å². The fourth-order valence-electron chi connectivity index (χ4n) is 5.06. The van der Waals surface area contributed by atoms with E-state index in [-0.39, 0.29) is 57.3 Å². The predicted octanol–water partition coefficient (Wildman–Crippen LogP) is 3.91. The number of aliphatic imine (C=N–C) groups is 2. The fraction of sp³-hybridized carbons (Fsp3) is 0.333. The van der Waals surface area contributed by atoms with Crippen molar-refractivity contribution in [1.29, 1.82) is 0 Å². The molecule has 0 spiro atoms. The molecule has 0 fully saturated rings. The summed E-state index contributed by atoms with van der Waals surface area (Å²) in [4.78, 5) is 86.8. The Hall–Kier alpha value is -6.27. The molecule has 0 heterocycles. The number of hydrogen-bond donors (Lipinski definition) is 4. The maximum Gasteiger partial charge on any atom is 0.437 e. The van der Waals surface area contributed by atoms with E-state index in [0.717, 1.165) is 27.1 Å². The van der Waals surface area contributed by atoms with Crippen LogP contribution in [0.25, 0.3) is 0 Å². The third-order valence-electron chi connectivity index (χ3n) is 8.06. The molecular weight excluding hydrogens is 757 g/mol. The van der Waals surface area contributed by atoms with Gasteiger partial charge in [-0.3, -0.25) is 14.4 Å². The number of rotatable bonds is 16. The lowest BCUT2D eigenvalue weighted by Gasteiger charge is -2.27. The molecule has 2 atom stereocenters. The topological polar surface area (TPSA) is 237 Å². The molecule has 0 bridgehead atoms. The third-order valence-corrected chi connectivity index (χ3v) is 8.64. The Morgan fingerprint density at radius 1 is 0.789 bits per heavy atom. The van der Waals surface area contributed by atoms with Gasteiger partial charge in [-0.1, -0.05) is 103 Å². The Kier molecular flexibility index (Phi) is 19.2. The quantitative estimate of drug-likeness (QED) is 0.0916. The Labute approximate surface area is 335 Å². The van der Waals surface area contributed by atoms with Gasteiger partial charge in [0, 0.05) is 39.5 Å². The summed E-state index contributed by atoms with van der Waals surface area (Å²) in [6.45, 7) is 0.594. The van der Waals surface area contributed by atoms with Crippen LogP contribution in [0.15, 0.2) is 101 Å². The summed E-state index contributed by atoms with van der Waals surface area (Å²) in [6, 6.07) is 24.7. The van der Waals surface area contributed by atoms with Crippen LogP contribution in [0.2, 0.25) is 0 Å². The van der Waals surface area contributed by atoms with Crippen molar-refractivity contribution in [1.82, 2.24) is 20.4 Å². The number of nitrogens with one attached hydrogen (secondary N) is 2. The number of guanidine groups is 1. The summed E-state index contributed by atoms with van der Waals surface area (Å²) in [5.74, 6) is -2.27. The number of nitrogens with two attached hydrogens (primary N) is 2. The van der Waals surface area contributed by atoms with Crippen LogP contribution in [0.5, 0.6) is 0 Å². The normalized spacial score (nSPS) is 12.4. The zero-order chi connectivity index (χ0) is 41.6. The molecule has 0 radical (unpaired) electrons. The van der Waals surface area contributed by atoms with E-state index in [0.29, 0.717) is 11.1 Å². The molecular formula is C39H48N8O9S. The van der Waals surface area contributed by atoms with E-state index in [1.165, 1.54) is 14.0 Å². The van der Waals surface area contributed by atoms with Gasteiger partial charge in [-0.2, -0.15) is 4.99 Å². The van der Waals surface area contributed by atoms with E-state index in [1.807, 2.05) is 18.2 Å². The fourth-order valence-corrected chi connectivity index (χ4v) is 5.48. The van der Waals surface area contributed by atoms with E-state index < -0.39 is 54.0 Å². The van der Waals surface area contributed by atoms with Crippen molar-refractivity contribution in [2.75, 3.05) is 26.4 Å². The molecule has 6 N–H and O–H groups in total. The molecule has 0 saturated carbocycles. The highest BCUT2D eigenvalue weighted by atomic mass is 32.2. The standard InChI is InChI=1S/C39H48N8O9S/c1-27(48)42-36(57-3)44-34(50)32(23-40)46(2)33(49)22-31(43-37(51)54-24-28-14-7-4-8-15-28)20-13-21-47(39(53)56-26-30-18-11-6-12-19-30)35(41)45-38(52)55-25-29-16-9-5-10-17-29/h4-12,14-19,31-32H,13,20-26,40H2,1-3H3,(H,43,51)(H2,41,45,52)(H,42,44,48,50)/t31-,32?/m0/s1. The maximum atomic E-state index is 13.6. The van der Waals surface area contributed by atoms with Gasteiger partial charge in [-0.05, 0) is 35.8 Å². The number of carbonyl (C=O) groups is 6. The van der Waals surface area contributed by atoms with Crippen molar-refractivity contribution in [2.24, 2.45) is 21.5 Å². The number of ether oxygens (including phenoxy) is 3. The molecule has 57 heavy (non-hydrogen) atoms. The largest absolute Gasteiger partial charge is 0.445 e. The molecule has 0 aliphatic heterocycles. The summed E-state index contributed by atoms with van der Waals surface area (Å²) in [5.41, 5.74) is 14.2. The molecule has 6 amide bonds. The lowest BCUT2D eigenvalue weighted by molar-refractivity contribution is -0.137. The van der Waals surface area contributed by atoms with Crippen molar-refractivity contribution >= 4 is 58.9 Å². The molecule has 1 unspecified atom stereocenters. The highest BCUT2D eigenvalue weighted by Gasteiger charge is 2.29. The first-order chi connectivity index (χ1) is 27.4. The average Bonchev–Trinajstić information content (AvgIpc) is 3.20. The summed E-state index contributed by atoms with van der Waals surface area (Å²) in [7, 11) is 1.37. The van der Waals surface area contributed by atoms with Crippen molar-refractivity contribution < 1.29 is 43.0 Å². The number of carbonyl (C=O) groups excluding carboxylic acids is 6. The average molecular weight is 805 g/mol. The molecule has 3 aromatic rings. The second-order valence-electron chi connectivity index (χ2n) is 12.3. The number of alkyl carbamates (subject to hydrolysis) is 1. The van der Waals surface area contributed by atoms with Gasteiger partial charge in [-0.25, -0.2) is 19.3 Å².